The van der Waals surface area contributed by atoms with Crippen LogP contribution in [0.2, 0.25) is 0 Å². The molecule has 0 aliphatic carbocycles. The van der Waals surface area contributed by atoms with Gasteiger partial charge in [-0.3, -0.25) is 9.69 Å². The highest BCUT2D eigenvalue weighted by Crippen LogP contribution is 2.37. The quantitative estimate of drug-likeness (QED) is 0.679. The van der Waals surface area contributed by atoms with Crippen LogP contribution >= 0.6 is 27.7 Å². The fourth-order valence-corrected chi connectivity index (χ4v) is 4.25. The molecule has 1 aliphatic heterocycles. The highest BCUT2D eigenvalue weighted by Gasteiger charge is 2.30. The Kier molecular flexibility index (Phi) is 6.56. The standard InChI is InChI=1S/C19H19BrFNO3S/c20-13-6-7-18(26-15-4-1-3-14(21)12-15)17(11-13)25-10-9-22-8-2-5-16(22)19(23)24/h1,3-4,6-7,11-12,16H,2,5,8-10H2,(H,23,24). The zero-order valence-corrected chi connectivity index (χ0v) is 16.4. The molecule has 1 fully saturated rings. The van der Waals surface area contributed by atoms with Gasteiger partial charge < -0.3 is 9.84 Å². The molecule has 0 bridgehead atoms. The first-order valence-corrected chi connectivity index (χ1v) is 9.96. The second-order valence-corrected chi connectivity index (χ2v) is 8.06. The predicted octanol–water partition coefficient (Wildman–Crippen LogP) is 4.67. The Morgan fingerprint density at radius 2 is 2.19 bits per heavy atom. The molecule has 0 radical (unpaired) electrons. The summed E-state index contributed by atoms with van der Waals surface area (Å²) in [6, 6.07) is 11.7. The number of hydrogen-bond acceptors (Lipinski definition) is 4. The number of halogens is 2. The Hall–Kier alpha value is -1.57. The molecule has 1 unspecified atom stereocenters. The summed E-state index contributed by atoms with van der Waals surface area (Å²) in [5, 5.41) is 9.24. The summed E-state index contributed by atoms with van der Waals surface area (Å²) < 4.78 is 20.2. The Morgan fingerprint density at radius 3 is 2.96 bits per heavy atom. The molecule has 1 saturated heterocycles. The molecule has 26 heavy (non-hydrogen) atoms. The van der Waals surface area contributed by atoms with Crippen molar-refractivity contribution in [3.63, 3.8) is 0 Å². The summed E-state index contributed by atoms with van der Waals surface area (Å²) in [6.45, 7) is 1.74. The van der Waals surface area contributed by atoms with Crippen molar-refractivity contribution in [3.05, 3.63) is 52.8 Å². The maximum absolute atomic E-state index is 13.4. The lowest BCUT2D eigenvalue weighted by Crippen LogP contribution is -2.38. The second kappa shape index (κ2) is 8.88. The van der Waals surface area contributed by atoms with Crippen LogP contribution in [0.25, 0.3) is 0 Å². The van der Waals surface area contributed by atoms with E-state index in [-0.39, 0.29) is 5.82 Å². The molecule has 0 spiro atoms. The number of hydrogen-bond donors (Lipinski definition) is 1. The summed E-state index contributed by atoms with van der Waals surface area (Å²) in [5.41, 5.74) is 0. The van der Waals surface area contributed by atoms with E-state index in [0.29, 0.717) is 25.3 Å². The van der Waals surface area contributed by atoms with Crippen molar-refractivity contribution >= 4 is 33.7 Å². The Bertz CT molecular complexity index is 789. The fourth-order valence-electron chi connectivity index (χ4n) is 2.98. The third-order valence-electron chi connectivity index (χ3n) is 4.21. The highest BCUT2D eigenvalue weighted by molar-refractivity contribution is 9.10. The fraction of sp³-hybridized carbons (Fsp3) is 0.316. The largest absolute Gasteiger partial charge is 0.491 e. The number of carboxylic acids is 1. The van der Waals surface area contributed by atoms with Gasteiger partial charge >= 0.3 is 5.97 Å². The monoisotopic (exact) mass is 439 g/mol. The maximum Gasteiger partial charge on any atom is 0.320 e. The smallest absolute Gasteiger partial charge is 0.320 e. The lowest BCUT2D eigenvalue weighted by molar-refractivity contribution is -0.142. The first-order chi connectivity index (χ1) is 12.5. The number of benzene rings is 2. The van der Waals surface area contributed by atoms with Crippen LogP contribution in [-0.4, -0.2) is 41.7 Å². The van der Waals surface area contributed by atoms with Gasteiger partial charge in [-0.15, -0.1) is 0 Å². The van der Waals surface area contributed by atoms with E-state index in [9.17, 15) is 14.3 Å². The Balaban J connectivity index is 1.65. The SMILES string of the molecule is O=C(O)C1CCCN1CCOc1cc(Br)ccc1Sc1cccc(F)c1. The van der Waals surface area contributed by atoms with Gasteiger partial charge in [0.05, 0.1) is 4.90 Å². The van der Waals surface area contributed by atoms with Crippen LogP contribution in [0.4, 0.5) is 4.39 Å². The zero-order chi connectivity index (χ0) is 18.5. The van der Waals surface area contributed by atoms with Crippen molar-refractivity contribution in [2.24, 2.45) is 0 Å². The van der Waals surface area contributed by atoms with E-state index in [0.717, 1.165) is 27.2 Å². The Morgan fingerprint density at radius 1 is 1.35 bits per heavy atom. The molecule has 0 amide bonds. The minimum Gasteiger partial charge on any atom is -0.491 e. The minimum atomic E-state index is -0.771. The number of carboxylic acid groups (broad SMARTS) is 1. The molecule has 138 valence electrons. The van der Waals surface area contributed by atoms with Crippen LogP contribution in [0.5, 0.6) is 5.75 Å². The minimum absolute atomic E-state index is 0.275. The van der Waals surface area contributed by atoms with E-state index in [1.165, 1.54) is 23.9 Å². The zero-order valence-electron chi connectivity index (χ0n) is 14.0. The molecule has 3 rings (SSSR count). The average molecular weight is 440 g/mol. The van der Waals surface area contributed by atoms with Crippen molar-refractivity contribution < 1.29 is 19.0 Å². The summed E-state index contributed by atoms with van der Waals surface area (Å²) in [4.78, 5) is 14.9. The average Bonchev–Trinajstić information content (AvgIpc) is 3.06. The van der Waals surface area contributed by atoms with Crippen LogP contribution in [-0.2, 0) is 4.79 Å². The maximum atomic E-state index is 13.4. The third-order valence-corrected chi connectivity index (χ3v) is 5.75. The summed E-state index contributed by atoms with van der Waals surface area (Å²) >= 11 is 4.87. The first-order valence-electron chi connectivity index (χ1n) is 8.35. The summed E-state index contributed by atoms with van der Waals surface area (Å²) in [7, 11) is 0. The van der Waals surface area contributed by atoms with Crippen LogP contribution < -0.4 is 4.74 Å². The van der Waals surface area contributed by atoms with Gasteiger partial charge in [0.15, 0.2) is 0 Å². The van der Waals surface area contributed by atoms with Gasteiger partial charge in [0.2, 0.25) is 0 Å². The topological polar surface area (TPSA) is 49.8 Å². The first kappa shape index (κ1) is 19.2. The molecular formula is C19H19BrFNO3S. The van der Waals surface area contributed by atoms with E-state index >= 15 is 0 Å². The van der Waals surface area contributed by atoms with Crippen LogP contribution in [0.15, 0.2) is 56.7 Å². The molecule has 0 saturated carbocycles. The molecule has 0 aromatic heterocycles. The van der Waals surface area contributed by atoms with Gasteiger partial charge in [-0.05, 0) is 55.8 Å². The molecular weight excluding hydrogens is 421 g/mol. The van der Waals surface area contributed by atoms with Gasteiger partial charge in [-0.1, -0.05) is 33.8 Å². The summed E-state index contributed by atoms with van der Waals surface area (Å²) in [5.74, 6) is -0.352. The number of nitrogens with zero attached hydrogens (tertiary/aromatic N) is 1. The van der Waals surface area contributed by atoms with E-state index in [1.807, 2.05) is 29.2 Å². The third kappa shape index (κ3) is 4.99. The number of carbonyl (C=O) groups is 1. The lowest BCUT2D eigenvalue weighted by atomic mass is 10.2. The van der Waals surface area contributed by atoms with Crippen molar-refractivity contribution in [1.82, 2.24) is 4.90 Å². The van der Waals surface area contributed by atoms with Crippen LogP contribution in [0.1, 0.15) is 12.8 Å². The van der Waals surface area contributed by atoms with E-state index in [1.54, 1.807) is 6.07 Å². The van der Waals surface area contributed by atoms with Crippen molar-refractivity contribution in [3.8, 4) is 5.75 Å². The van der Waals surface area contributed by atoms with Gasteiger partial charge in [0.1, 0.15) is 24.2 Å². The van der Waals surface area contributed by atoms with Gasteiger partial charge in [-0.2, -0.15) is 0 Å². The highest BCUT2D eigenvalue weighted by atomic mass is 79.9. The van der Waals surface area contributed by atoms with Crippen LogP contribution in [0, 0.1) is 5.82 Å². The number of ether oxygens (including phenoxy) is 1. The van der Waals surface area contributed by atoms with E-state index in [4.69, 9.17) is 4.74 Å². The summed E-state index contributed by atoms with van der Waals surface area (Å²) in [6.07, 6.45) is 1.58. The molecule has 2 aromatic carbocycles. The molecule has 1 aliphatic rings. The van der Waals surface area contributed by atoms with Gasteiger partial charge in [0, 0.05) is 15.9 Å². The van der Waals surface area contributed by atoms with Crippen molar-refractivity contribution in [1.29, 1.82) is 0 Å². The number of aliphatic carboxylic acids is 1. The van der Waals surface area contributed by atoms with Crippen molar-refractivity contribution in [2.45, 2.75) is 28.7 Å². The lowest BCUT2D eigenvalue weighted by Gasteiger charge is -2.21. The molecule has 1 atom stereocenters. The second-order valence-electron chi connectivity index (χ2n) is 6.03. The molecule has 1 heterocycles. The van der Waals surface area contributed by atoms with Gasteiger partial charge in [-0.25, -0.2) is 4.39 Å². The Labute approximate surface area is 164 Å². The number of rotatable bonds is 7. The molecule has 7 heteroatoms. The molecule has 1 N–H and O–H groups in total. The van der Waals surface area contributed by atoms with E-state index < -0.39 is 12.0 Å². The van der Waals surface area contributed by atoms with Crippen molar-refractivity contribution in [2.75, 3.05) is 19.7 Å². The molecule has 2 aromatic rings. The van der Waals surface area contributed by atoms with E-state index in [2.05, 4.69) is 15.9 Å². The normalized spacial score (nSPS) is 17.4. The van der Waals surface area contributed by atoms with Gasteiger partial charge in [0.25, 0.3) is 0 Å². The predicted molar refractivity (Wildman–Crippen MR) is 102 cm³/mol. The number of likely N-dealkylation sites (tertiary alicyclic amines) is 1. The molecule has 4 nitrogen and oxygen atoms in total. The van der Waals surface area contributed by atoms with Crippen LogP contribution in [0.3, 0.4) is 0 Å².